The van der Waals surface area contributed by atoms with E-state index in [4.69, 9.17) is 9.84 Å². The predicted octanol–water partition coefficient (Wildman–Crippen LogP) is 1.42. The number of rotatable bonds is 10. The molecule has 0 fully saturated rings. The van der Waals surface area contributed by atoms with Crippen LogP contribution < -0.4 is 5.32 Å². The molecule has 0 aromatic rings. The Morgan fingerprint density at radius 3 is 2.65 bits per heavy atom. The van der Waals surface area contributed by atoms with Gasteiger partial charge >= 0.3 is 5.97 Å². The zero-order valence-corrected chi connectivity index (χ0v) is 10.7. The Morgan fingerprint density at radius 2 is 2.06 bits per heavy atom. The monoisotopic (exact) mass is 245 g/mol. The molecule has 0 bridgehead atoms. The molecular weight excluding hydrogens is 222 g/mol. The Morgan fingerprint density at radius 1 is 1.35 bits per heavy atom. The first-order valence-corrected chi connectivity index (χ1v) is 6.12. The lowest BCUT2D eigenvalue weighted by Crippen LogP contribution is -2.29. The molecule has 0 aliphatic rings. The normalized spacial score (nSPS) is 12.1. The minimum absolute atomic E-state index is 0.108. The summed E-state index contributed by atoms with van der Waals surface area (Å²) in [4.78, 5) is 21.6. The van der Waals surface area contributed by atoms with Crippen LogP contribution in [0.4, 0.5) is 0 Å². The zero-order chi connectivity index (χ0) is 13.1. The van der Waals surface area contributed by atoms with Crippen LogP contribution >= 0.6 is 0 Å². The van der Waals surface area contributed by atoms with Gasteiger partial charge in [0.05, 0.1) is 0 Å². The second kappa shape index (κ2) is 10.1. The van der Waals surface area contributed by atoms with Crippen LogP contribution in [0.3, 0.4) is 0 Å². The van der Waals surface area contributed by atoms with Gasteiger partial charge in [0.15, 0.2) is 0 Å². The van der Waals surface area contributed by atoms with Gasteiger partial charge < -0.3 is 15.2 Å². The highest BCUT2D eigenvalue weighted by atomic mass is 16.5. The molecule has 0 heterocycles. The molecule has 5 heteroatoms. The zero-order valence-electron chi connectivity index (χ0n) is 10.7. The van der Waals surface area contributed by atoms with Gasteiger partial charge in [-0.1, -0.05) is 13.8 Å². The third-order valence-electron chi connectivity index (χ3n) is 2.39. The fourth-order valence-corrected chi connectivity index (χ4v) is 1.33. The van der Waals surface area contributed by atoms with Crippen molar-refractivity contribution >= 4 is 11.9 Å². The second-order valence-electron chi connectivity index (χ2n) is 4.23. The number of amides is 1. The SMILES string of the molecule is CCCOCC(=O)NCCC(C)CCC(=O)O. The van der Waals surface area contributed by atoms with Gasteiger partial charge in [-0.3, -0.25) is 9.59 Å². The van der Waals surface area contributed by atoms with Crippen molar-refractivity contribution in [2.45, 2.75) is 39.5 Å². The third-order valence-corrected chi connectivity index (χ3v) is 2.39. The Labute approximate surface area is 103 Å². The van der Waals surface area contributed by atoms with Crippen molar-refractivity contribution in [1.29, 1.82) is 0 Å². The molecule has 0 aliphatic carbocycles. The van der Waals surface area contributed by atoms with Crippen molar-refractivity contribution in [2.75, 3.05) is 19.8 Å². The molecule has 0 rings (SSSR count). The Hall–Kier alpha value is -1.10. The molecule has 0 spiro atoms. The summed E-state index contributed by atoms with van der Waals surface area (Å²) < 4.78 is 5.09. The van der Waals surface area contributed by atoms with Crippen molar-refractivity contribution in [2.24, 2.45) is 5.92 Å². The molecule has 2 N–H and O–H groups in total. The van der Waals surface area contributed by atoms with E-state index in [1.165, 1.54) is 0 Å². The summed E-state index contributed by atoms with van der Waals surface area (Å²) in [5, 5.41) is 11.3. The van der Waals surface area contributed by atoms with E-state index >= 15 is 0 Å². The van der Waals surface area contributed by atoms with Crippen molar-refractivity contribution in [3.63, 3.8) is 0 Å². The fraction of sp³-hybridized carbons (Fsp3) is 0.833. The first-order chi connectivity index (χ1) is 8.06. The van der Waals surface area contributed by atoms with Crippen LogP contribution in [0.2, 0.25) is 0 Å². The van der Waals surface area contributed by atoms with Gasteiger partial charge in [0.25, 0.3) is 0 Å². The topological polar surface area (TPSA) is 75.6 Å². The highest BCUT2D eigenvalue weighted by Gasteiger charge is 2.06. The van der Waals surface area contributed by atoms with E-state index < -0.39 is 5.97 Å². The number of carbonyl (C=O) groups is 2. The molecule has 0 saturated heterocycles. The van der Waals surface area contributed by atoms with E-state index in [-0.39, 0.29) is 18.9 Å². The number of carboxylic acids is 1. The van der Waals surface area contributed by atoms with Crippen LogP contribution in [-0.4, -0.2) is 36.7 Å². The largest absolute Gasteiger partial charge is 0.481 e. The van der Waals surface area contributed by atoms with E-state index in [2.05, 4.69) is 5.32 Å². The summed E-state index contributed by atoms with van der Waals surface area (Å²) in [5.41, 5.74) is 0. The second-order valence-corrected chi connectivity index (χ2v) is 4.23. The minimum Gasteiger partial charge on any atom is -0.481 e. The number of carboxylic acid groups (broad SMARTS) is 1. The van der Waals surface area contributed by atoms with Crippen LogP contribution in [0.5, 0.6) is 0 Å². The van der Waals surface area contributed by atoms with Crippen molar-refractivity contribution in [3.8, 4) is 0 Å². The maximum Gasteiger partial charge on any atom is 0.303 e. The first-order valence-electron chi connectivity index (χ1n) is 6.12. The van der Waals surface area contributed by atoms with Crippen molar-refractivity contribution in [1.82, 2.24) is 5.32 Å². The highest BCUT2D eigenvalue weighted by Crippen LogP contribution is 2.08. The molecular formula is C12H23NO4. The maximum absolute atomic E-state index is 11.2. The number of hydrogen-bond acceptors (Lipinski definition) is 3. The summed E-state index contributed by atoms with van der Waals surface area (Å²) in [5.74, 6) is -0.569. The molecule has 0 radical (unpaired) electrons. The number of ether oxygens (including phenoxy) is 1. The van der Waals surface area contributed by atoms with Crippen molar-refractivity contribution in [3.05, 3.63) is 0 Å². The molecule has 0 aromatic heterocycles. The first kappa shape index (κ1) is 15.9. The van der Waals surface area contributed by atoms with Gasteiger partial charge in [-0.25, -0.2) is 0 Å². The molecule has 0 aliphatic heterocycles. The number of hydrogen-bond donors (Lipinski definition) is 2. The maximum atomic E-state index is 11.2. The lowest BCUT2D eigenvalue weighted by molar-refractivity contribution is -0.137. The van der Waals surface area contributed by atoms with E-state index in [0.717, 1.165) is 12.8 Å². The van der Waals surface area contributed by atoms with E-state index in [9.17, 15) is 9.59 Å². The molecule has 100 valence electrons. The molecule has 1 unspecified atom stereocenters. The minimum atomic E-state index is -0.770. The summed E-state index contributed by atoms with van der Waals surface area (Å²) >= 11 is 0. The van der Waals surface area contributed by atoms with Crippen LogP contribution in [-0.2, 0) is 14.3 Å². The summed E-state index contributed by atoms with van der Waals surface area (Å²) in [7, 11) is 0. The van der Waals surface area contributed by atoms with E-state index in [1.54, 1.807) is 0 Å². The predicted molar refractivity (Wildman–Crippen MR) is 64.8 cm³/mol. The van der Waals surface area contributed by atoms with E-state index in [0.29, 0.717) is 25.5 Å². The lowest BCUT2D eigenvalue weighted by Gasteiger charge is -2.10. The van der Waals surface area contributed by atoms with Crippen LogP contribution in [0.1, 0.15) is 39.5 Å². The summed E-state index contributed by atoms with van der Waals surface area (Å²) in [6.45, 7) is 5.26. The average molecular weight is 245 g/mol. The molecule has 1 atom stereocenters. The fourth-order valence-electron chi connectivity index (χ4n) is 1.33. The van der Waals surface area contributed by atoms with Gasteiger partial charge in [0.1, 0.15) is 6.61 Å². The van der Waals surface area contributed by atoms with Crippen LogP contribution in [0.15, 0.2) is 0 Å². The molecule has 5 nitrogen and oxygen atoms in total. The molecule has 0 aromatic carbocycles. The highest BCUT2D eigenvalue weighted by molar-refractivity contribution is 5.77. The molecule has 17 heavy (non-hydrogen) atoms. The number of carbonyl (C=O) groups excluding carboxylic acids is 1. The van der Waals surface area contributed by atoms with E-state index in [1.807, 2.05) is 13.8 Å². The van der Waals surface area contributed by atoms with Crippen LogP contribution in [0, 0.1) is 5.92 Å². The van der Waals surface area contributed by atoms with Gasteiger partial charge in [-0.05, 0) is 25.2 Å². The summed E-state index contributed by atoms with van der Waals surface area (Å²) in [6, 6.07) is 0. The number of nitrogens with one attached hydrogen (secondary N) is 1. The van der Waals surface area contributed by atoms with Gasteiger partial charge in [0.2, 0.25) is 5.91 Å². The summed E-state index contributed by atoms with van der Waals surface area (Å²) in [6.07, 6.45) is 2.54. The third kappa shape index (κ3) is 11.2. The van der Waals surface area contributed by atoms with Crippen LogP contribution in [0.25, 0.3) is 0 Å². The number of aliphatic carboxylic acids is 1. The quantitative estimate of drug-likeness (QED) is 0.571. The lowest BCUT2D eigenvalue weighted by atomic mass is 10.0. The standard InChI is InChI=1S/C12H23NO4/c1-3-8-17-9-11(14)13-7-6-10(2)4-5-12(15)16/h10H,3-9H2,1-2H3,(H,13,14)(H,15,16). The van der Waals surface area contributed by atoms with Crippen molar-refractivity contribution < 1.29 is 19.4 Å². The Balaban J connectivity index is 3.42. The van der Waals surface area contributed by atoms with Gasteiger partial charge in [0, 0.05) is 19.6 Å². The molecule has 0 saturated carbocycles. The van der Waals surface area contributed by atoms with Gasteiger partial charge in [-0.15, -0.1) is 0 Å². The van der Waals surface area contributed by atoms with Gasteiger partial charge in [-0.2, -0.15) is 0 Å². The Bertz CT molecular complexity index is 231. The molecule has 1 amide bonds. The smallest absolute Gasteiger partial charge is 0.303 e. The average Bonchev–Trinajstić information content (AvgIpc) is 2.27. The Kier molecular flexibility index (Phi) is 9.43.